The predicted molar refractivity (Wildman–Crippen MR) is 298 cm³/mol. The van der Waals surface area contributed by atoms with Crippen molar-refractivity contribution in [2.24, 2.45) is 0 Å². The molecule has 0 amide bonds. The number of unbranched alkanes of at least 4 members (excludes halogenated alkanes) is 24. The molecule has 0 saturated heterocycles. The van der Waals surface area contributed by atoms with Crippen molar-refractivity contribution in [3.8, 4) is 0 Å². The average molecular weight is 1030 g/mol. The van der Waals surface area contributed by atoms with Crippen molar-refractivity contribution in [3.63, 3.8) is 0 Å². The highest BCUT2D eigenvalue weighted by Gasteiger charge is 2.28. The fourth-order valence-corrected chi connectivity index (χ4v) is 8.51. The van der Waals surface area contributed by atoms with E-state index in [0.717, 1.165) is 116 Å². The fourth-order valence-electron chi connectivity index (χ4n) is 7.73. The summed E-state index contributed by atoms with van der Waals surface area (Å²) in [6.07, 6.45) is 60.1. The molecule has 72 heavy (non-hydrogen) atoms. The van der Waals surface area contributed by atoms with Gasteiger partial charge in [0.15, 0.2) is 6.10 Å². The molecule has 416 valence electrons. The van der Waals surface area contributed by atoms with Gasteiger partial charge in [-0.3, -0.25) is 23.4 Å². The van der Waals surface area contributed by atoms with Gasteiger partial charge in [0.05, 0.1) is 19.8 Å². The fraction of sp³-hybridized carbons (Fsp3) is 0.750. The Morgan fingerprint density at radius 2 is 0.722 bits per heavy atom. The lowest BCUT2D eigenvalue weighted by molar-refractivity contribution is -0.161. The summed E-state index contributed by atoms with van der Waals surface area (Å²) in [6.45, 7) is 4.47. The third-order valence-electron chi connectivity index (χ3n) is 12.1. The second-order valence-electron chi connectivity index (χ2n) is 19.1. The number of phosphoric acid groups is 1. The number of phosphoric ester groups is 1. The summed E-state index contributed by atoms with van der Waals surface area (Å²) in [4.78, 5) is 48.5. The van der Waals surface area contributed by atoms with Crippen molar-refractivity contribution >= 4 is 25.7 Å². The van der Waals surface area contributed by atoms with Crippen LogP contribution in [-0.4, -0.2) is 66.5 Å². The Labute approximate surface area is 439 Å². The molecular weight excluding hydrogens is 928 g/mol. The SMILES string of the molecule is CC/C=C\C/C=C\C/C=C\C/C=C\CCCCCCCCC(=O)OC(COC(=O)CCCCCCCCC/C=C\C/C=C\CCCCC)COP(=O)(O)OCC(CO)OC(=O)CCCCCCCCCCC. The lowest BCUT2D eigenvalue weighted by atomic mass is 10.1. The molecule has 0 aromatic heterocycles. The molecule has 3 atom stereocenters. The van der Waals surface area contributed by atoms with E-state index >= 15 is 0 Å². The normalized spacial score (nSPS) is 13.9. The van der Waals surface area contributed by atoms with Crippen molar-refractivity contribution in [2.75, 3.05) is 26.4 Å². The number of ether oxygens (including phenoxy) is 3. The van der Waals surface area contributed by atoms with E-state index < -0.39 is 57.8 Å². The van der Waals surface area contributed by atoms with Gasteiger partial charge in [-0.05, 0) is 89.9 Å². The number of rotatable bonds is 53. The van der Waals surface area contributed by atoms with Crippen molar-refractivity contribution in [1.82, 2.24) is 0 Å². The number of carbonyl (C=O) groups is 3. The van der Waals surface area contributed by atoms with E-state index in [9.17, 15) is 28.9 Å². The van der Waals surface area contributed by atoms with Gasteiger partial charge in [0.25, 0.3) is 0 Å². The van der Waals surface area contributed by atoms with E-state index in [1.807, 2.05) is 0 Å². The molecule has 0 fully saturated rings. The van der Waals surface area contributed by atoms with E-state index in [-0.39, 0.29) is 25.9 Å². The topological polar surface area (TPSA) is 155 Å². The van der Waals surface area contributed by atoms with E-state index in [1.54, 1.807) is 0 Å². The van der Waals surface area contributed by atoms with Gasteiger partial charge in [-0.15, -0.1) is 0 Å². The quantitative estimate of drug-likeness (QED) is 0.0197. The van der Waals surface area contributed by atoms with Gasteiger partial charge in [0.2, 0.25) is 0 Å². The van der Waals surface area contributed by atoms with Crippen LogP contribution >= 0.6 is 7.82 Å². The highest BCUT2D eigenvalue weighted by Crippen LogP contribution is 2.43. The van der Waals surface area contributed by atoms with Crippen LogP contribution in [0.3, 0.4) is 0 Å². The summed E-state index contributed by atoms with van der Waals surface area (Å²) in [6, 6.07) is 0. The van der Waals surface area contributed by atoms with E-state index in [0.29, 0.717) is 19.3 Å². The molecule has 12 heteroatoms. The summed E-state index contributed by atoms with van der Waals surface area (Å²) < 4.78 is 39.4. The number of allylic oxidation sites excluding steroid dienone is 12. The molecule has 0 radical (unpaired) electrons. The van der Waals surface area contributed by atoms with Crippen LogP contribution in [-0.2, 0) is 42.2 Å². The zero-order chi connectivity index (χ0) is 52.7. The lowest BCUT2D eigenvalue weighted by Gasteiger charge is -2.21. The minimum Gasteiger partial charge on any atom is -0.462 e. The highest BCUT2D eigenvalue weighted by atomic mass is 31.2. The molecule has 0 saturated carbocycles. The van der Waals surface area contributed by atoms with Crippen LogP contribution in [0, 0.1) is 0 Å². The number of aliphatic hydroxyl groups is 1. The van der Waals surface area contributed by atoms with Gasteiger partial charge in [-0.25, -0.2) is 4.57 Å². The average Bonchev–Trinajstić information content (AvgIpc) is 3.37. The molecule has 11 nitrogen and oxygen atoms in total. The molecule has 3 unspecified atom stereocenters. The summed E-state index contributed by atoms with van der Waals surface area (Å²) in [5.41, 5.74) is 0. The van der Waals surface area contributed by atoms with Crippen molar-refractivity contribution in [1.29, 1.82) is 0 Å². The Kier molecular flexibility index (Phi) is 51.9. The van der Waals surface area contributed by atoms with Gasteiger partial charge in [-0.1, -0.05) is 216 Å². The Morgan fingerprint density at radius 3 is 1.14 bits per heavy atom. The predicted octanol–water partition coefficient (Wildman–Crippen LogP) is 16.9. The van der Waals surface area contributed by atoms with Crippen LogP contribution in [0.5, 0.6) is 0 Å². The number of carbonyl (C=O) groups excluding carboxylic acids is 3. The van der Waals surface area contributed by atoms with Gasteiger partial charge < -0.3 is 24.2 Å². The maximum Gasteiger partial charge on any atom is 0.472 e. The molecule has 0 rings (SSSR count). The van der Waals surface area contributed by atoms with Crippen molar-refractivity contribution in [2.45, 2.75) is 264 Å². The van der Waals surface area contributed by atoms with E-state index in [1.165, 1.54) is 77.0 Å². The summed E-state index contributed by atoms with van der Waals surface area (Å²) in [7, 11) is -4.75. The zero-order valence-electron chi connectivity index (χ0n) is 45.9. The van der Waals surface area contributed by atoms with Crippen LogP contribution in [0.1, 0.15) is 252 Å². The number of hydrogen-bond acceptors (Lipinski definition) is 10. The van der Waals surface area contributed by atoms with Crippen LogP contribution in [0.2, 0.25) is 0 Å². The Balaban J connectivity index is 4.75. The molecule has 0 aliphatic carbocycles. The van der Waals surface area contributed by atoms with Crippen LogP contribution in [0.15, 0.2) is 72.9 Å². The highest BCUT2D eigenvalue weighted by molar-refractivity contribution is 7.47. The molecule has 0 bridgehead atoms. The number of hydrogen-bond donors (Lipinski definition) is 2. The van der Waals surface area contributed by atoms with Crippen molar-refractivity contribution in [3.05, 3.63) is 72.9 Å². The Hall–Kier alpha value is -3.08. The molecule has 0 spiro atoms. The molecule has 0 aromatic rings. The monoisotopic (exact) mass is 1030 g/mol. The second kappa shape index (κ2) is 54.2. The third kappa shape index (κ3) is 51.8. The molecule has 0 aliphatic rings. The summed E-state index contributed by atoms with van der Waals surface area (Å²) in [5, 5.41) is 9.77. The maximum atomic E-state index is 12.9. The van der Waals surface area contributed by atoms with Crippen LogP contribution in [0.25, 0.3) is 0 Å². The van der Waals surface area contributed by atoms with Gasteiger partial charge >= 0.3 is 25.7 Å². The molecular formula is C60H105O11P. The van der Waals surface area contributed by atoms with Crippen LogP contribution < -0.4 is 0 Å². The number of esters is 3. The summed E-state index contributed by atoms with van der Waals surface area (Å²) in [5.74, 6) is -1.49. The minimum atomic E-state index is -4.75. The van der Waals surface area contributed by atoms with Gasteiger partial charge in [0, 0.05) is 19.3 Å². The van der Waals surface area contributed by atoms with Gasteiger partial charge in [0.1, 0.15) is 12.7 Å². The second-order valence-corrected chi connectivity index (χ2v) is 20.5. The zero-order valence-corrected chi connectivity index (χ0v) is 46.8. The minimum absolute atomic E-state index is 0.149. The first-order valence-corrected chi connectivity index (χ1v) is 30.3. The van der Waals surface area contributed by atoms with E-state index in [4.69, 9.17) is 23.3 Å². The maximum absolute atomic E-state index is 12.9. The van der Waals surface area contributed by atoms with Crippen LogP contribution in [0.4, 0.5) is 0 Å². The first kappa shape index (κ1) is 68.9. The molecule has 2 N–H and O–H groups in total. The number of aliphatic hydroxyl groups excluding tert-OH is 1. The Morgan fingerprint density at radius 1 is 0.403 bits per heavy atom. The first-order valence-electron chi connectivity index (χ1n) is 28.8. The summed E-state index contributed by atoms with van der Waals surface area (Å²) >= 11 is 0. The van der Waals surface area contributed by atoms with Gasteiger partial charge in [-0.2, -0.15) is 0 Å². The lowest BCUT2D eigenvalue weighted by Crippen LogP contribution is -2.30. The molecule has 0 aromatic carbocycles. The third-order valence-corrected chi connectivity index (χ3v) is 13.1. The first-order chi connectivity index (χ1) is 35.2. The molecule has 0 heterocycles. The Bertz CT molecular complexity index is 1490. The molecule has 0 aliphatic heterocycles. The smallest absolute Gasteiger partial charge is 0.462 e. The standard InChI is InChI=1S/C60H105O11P/c1-4-7-10-13-16-19-21-23-25-27-28-30-32-34-36-39-42-45-48-51-60(64)71-57(53-67-58(62)49-46-43-40-38-35-33-31-29-26-24-22-20-17-14-11-8-5-2)55-69-72(65,66)68-54-56(52-61)70-59(63)50-47-44-41-37-18-15-12-9-6-3/h7,10,16-17,19-20,23-26,28,30,56-57,61H,4-6,8-9,11-15,18,21-22,27,29,31-55H2,1-3H3,(H,65,66)/b10-7-,19-16-,20-17-,25-23-,26-24-,30-28-. The van der Waals surface area contributed by atoms with Crippen molar-refractivity contribution < 1.29 is 52.2 Å². The van der Waals surface area contributed by atoms with E-state index in [2.05, 4.69) is 93.7 Å². The largest absolute Gasteiger partial charge is 0.472 e.